The number of aldehydes is 1. The number of nitrogens with zero attached hydrogens (tertiary/aromatic N) is 3. The van der Waals surface area contributed by atoms with E-state index in [2.05, 4.69) is 10.2 Å². The molecule has 1 heterocycles. The Morgan fingerprint density at radius 1 is 1.73 bits per heavy atom. The minimum Gasteiger partial charge on any atom is -0.321 e. The average molecular weight is 153 g/mol. The Hall–Kier alpha value is -1.19. The van der Waals surface area contributed by atoms with Gasteiger partial charge in [0, 0.05) is 19.9 Å². The van der Waals surface area contributed by atoms with Gasteiger partial charge in [0.2, 0.25) is 0 Å². The third-order valence-corrected chi connectivity index (χ3v) is 1.53. The molecule has 11 heavy (non-hydrogen) atoms. The summed E-state index contributed by atoms with van der Waals surface area (Å²) in [6.45, 7) is 0. The highest BCUT2D eigenvalue weighted by molar-refractivity contribution is 5.49. The number of rotatable bonds is 4. The maximum Gasteiger partial charge on any atom is 0.132 e. The Labute approximate surface area is 65.2 Å². The zero-order valence-electron chi connectivity index (χ0n) is 6.53. The van der Waals surface area contributed by atoms with E-state index in [1.54, 1.807) is 6.33 Å². The van der Waals surface area contributed by atoms with Crippen LogP contribution in [0.5, 0.6) is 0 Å². The highest BCUT2D eigenvalue weighted by Crippen LogP contribution is 1.97. The predicted molar refractivity (Wildman–Crippen MR) is 40.0 cm³/mol. The first-order valence-electron chi connectivity index (χ1n) is 3.61. The van der Waals surface area contributed by atoms with Gasteiger partial charge in [0.15, 0.2) is 0 Å². The monoisotopic (exact) mass is 153 g/mol. The fraction of sp³-hybridized carbons (Fsp3) is 0.571. The predicted octanol–water partition coefficient (Wildman–Crippen LogP) is 0.337. The van der Waals surface area contributed by atoms with Crippen LogP contribution in [0, 0.1) is 0 Å². The number of carbonyl (C=O) groups excluding carboxylic acids is 1. The van der Waals surface area contributed by atoms with Crippen molar-refractivity contribution >= 4 is 6.29 Å². The van der Waals surface area contributed by atoms with Crippen LogP contribution >= 0.6 is 0 Å². The summed E-state index contributed by atoms with van der Waals surface area (Å²) in [5.41, 5.74) is 0. The van der Waals surface area contributed by atoms with Crippen LogP contribution in [0.2, 0.25) is 0 Å². The van der Waals surface area contributed by atoms with Gasteiger partial charge in [0.25, 0.3) is 0 Å². The molecule has 4 heteroatoms. The number of carbonyl (C=O) groups is 1. The molecule has 0 amide bonds. The molecule has 0 unspecified atom stereocenters. The van der Waals surface area contributed by atoms with E-state index in [9.17, 15) is 4.79 Å². The molecule has 0 aliphatic heterocycles. The molecule has 0 radical (unpaired) electrons. The van der Waals surface area contributed by atoms with E-state index in [4.69, 9.17) is 0 Å². The molecular formula is C7H11N3O. The van der Waals surface area contributed by atoms with Gasteiger partial charge in [-0.15, -0.1) is 10.2 Å². The van der Waals surface area contributed by atoms with Crippen molar-refractivity contribution in [2.24, 2.45) is 7.05 Å². The fourth-order valence-electron chi connectivity index (χ4n) is 0.877. The molecule has 0 aliphatic rings. The van der Waals surface area contributed by atoms with Crippen LogP contribution < -0.4 is 0 Å². The summed E-state index contributed by atoms with van der Waals surface area (Å²) in [4.78, 5) is 9.98. The Morgan fingerprint density at radius 2 is 2.55 bits per heavy atom. The van der Waals surface area contributed by atoms with Crippen molar-refractivity contribution in [1.82, 2.24) is 14.8 Å². The number of aryl methyl sites for hydroxylation is 2. The average Bonchev–Trinajstić information content (AvgIpc) is 2.37. The van der Waals surface area contributed by atoms with Crippen LogP contribution in [0.25, 0.3) is 0 Å². The molecule has 0 bridgehead atoms. The van der Waals surface area contributed by atoms with Crippen LogP contribution in [-0.2, 0) is 18.3 Å². The molecule has 4 nitrogen and oxygen atoms in total. The normalized spacial score (nSPS) is 9.91. The molecule has 60 valence electrons. The van der Waals surface area contributed by atoms with Gasteiger partial charge in [-0.3, -0.25) is 0 Å². The van der Waals surface area contributed by atoms with E-state index in [1.807, 2.05) is 11.6 Å². The molecular weight excluding hydrogens is 142 g/mol. The van der Waals surface area contributed by atoms with Gasteiger partial charge >= 0.3 is 0 Å². The second kappa shape index (κ2) is 3.85. The van der Waals surface area contributed by atoms with E-state index >= 15 is 0 Å². The first-order chi connectivity index (χ1) is 5.34. The van der Waals surface area contributed by atoms with E-state index < -0.39 is 0 Å². The molecule has 0 aliphatic carbocycles. The van der Waals surface area contributed by atoms with Crippen LogP contribution in [0.3, 0.4) is 0 Å². The van der Waals surface area contributed by atoms with Crippen molar-refractivity contribution in [3.63, 3.8) is 0 Å². The van der Waals surface area contributed by atoms with Gasteiger partial charge in [-0.25, -0.2) is 0 Å². The lowest BCUT2D eigenvalue weighted by atomic mass is 10.2. The van der Waals surface area contributed by atoms with E-state index in [-0.39, 0.29) is 0 Å². The van der Waals surface area contributed by atoms with Crippen molar-refractivity contribution in [1.29, 1.82) is 0 Å². The molecule has 0 fully saturated rings. The lowest BCUT2D eigenvalue weighted by Gasteiger charge is -1.95. The highest BCUT2D eigenvalue weighted by atomic mass is 16.1. The maximum atomic E-state index is 9.98. The molecule has 0 aromatic carbocycles. The highest BCUT2D eigenvalue weighted by Gasteiger charge is 1.98. The quantitative estimate of drug-likeness (QED) is 0.463. The fourth-order valence-corrected chi connectivity index (χ4v) is 0.877. The van der Waals surface area contributed by atoms with Crippen LogP contribution in [0.15, 0.2) is 6.33 Å². The second-order valence-electron chi connectivity index (χ2n) is 2.42. The molecule has 0 saturated heterocycles. The van der Waals surface area contributed by atoms with Gasteiger partial charge in [-0.05, 0) is 6.42 Å². The summed E-state index contributed by atoms with van der Waals surface area (Å²) in [7, 11) is 1.90. The first-order valence-corrected chi connectivity index (χ1v) is 3.61. The SMILES string of the molecule is Cn1cnnc1CCCC=O. The van der Waals surface area contributed by atoms with Gasteiger partial charge in [-0.1, -0.05) is 0 Å². The molecule has 1 aromatic heterocycles. The van der Waals surface area contributed by atoms with Crippen molar-refractivity contribution in [2.75, 3.05) is 0 Å². The van der Waals surface area contributed by atoms with Gasteiger partial charge in [0.1, 0.15) is 18.4 Å². The molecule has 0 atom stereocenters. The molecule has 0 spiro atoms. The first kappa shape index (κ1) is 7.91. The van der Waals surface area contributed by atoms with Crippen molar-refractivity contribution in [2.45, 2.75) is 19.3 Å². The van der Waals surface area contributed by atoms with E-state index in [1.165, 1.54) is 0 Å². The van der Waals surface area contributed by atoms with Crippen LogP contribution in [0.4, 0.5) is 0 Å². The third-order valence-electron chi connectivity index (χ3n) is 1.53. The van der Waals surface area contributed by atoms with Gasteiger partial charge < -0.3 is 9.36 Å². The third kappa shape index (κ3) is 2.14. The van der Waals surface area contributed by atoms with Gasteiger partial charge in [0.05, 0.1) is 0 Å². The standard InChI is InChI=1S/C7H11N3O/c1-10-6-8-9-7(10)4-2-3-5-11/h5-6H,2-4H2,1H3. The maximum absolute atomic E-state index is 9.98. The number of hydrogen-bond donors (Lipinski definition) is 0. The lowest BCUT2D eigenvalue weighted by molar-refractivity contribution is -0.107. The summed E-state index contributed by atoms with van der Waals surface area (Å²) in [6.07, 6.45) is 4.88. The van der Waals surface area contributed by atoms with Crippen molar-refractivity contribution in [3.05, 3.63) is 12.2 Å². The van der Waals surface area contributed by atoms with Gasteiger partial charge in [-0.2, -0.15) is 0 Å². The molecule has 0 N–H and O–H groups in total. The zero-order chi connectivity index (χ0) is 8.10. The van der Waals surface area contributed by atoms with Crippen molar-refractivity contribution < 1.29 is 4.79 Å². The summed E-state index contributed by atoms with van der Waals surface area (Å²) < 4.78 is 1.87. The molecule has 1 rings (SSSR count). The smallest absolute Gasteiger partial charge is 0.132 e. The minimum atomic E-state index is 0.604. The Morgan fingerprint density at radius 3 is 3.09 bits per heavy atom. The minimum absolute atomic E-state index is 0.604. The zero-order valence-corrected chi connectivity index (χ0v) is 6.53. The van der Waals surface area contributed by atoms with Crippen LogP contribution in [0.1, 0.15) is 18.7 Å². The lowest BCUT2D eigenvalue weighted by Crippen LogP contribution is -1.97. The summed E-state index contributed by atoms with van der Waals surface area (Å²) in [5.74, 6) is 0.937. The van der Waals surface area contributed by atoms with Crippen molar-refractivity contribution in [3.8, 4) is 0 Å². The van der Waals surface area contributed by atoms with E-state index in [0.29, 0.717) is 6.42 Å². The number of aromatic nitrogens is 3. The Bertz CT molecular complexity index is 231. The largest absolute Gasteiger partial charge is 0.321 e. The topological polar surface area (TPSA) is 47.8 Å². The second-order valence-corrected chi connectivity index (χ2v) is 2.42. The van der Waals surface area contributed by atoms with E-state index in [0.717, 1.165) is 25.0 Å². The summed E-state index contributed by atoms with van der Waals surface area (Å²) in [5, 5.41) is 7.61. The molecule has 1 aromatic rings. The van der Waals surface area contributed by atoms with Crippen LogP contribution in [-0.4, -0.2) is 21.1 Å². The summed E-state index contributed by atoms with van der Waals surface area (Å²) in [6, 6.07) is 0. The molecule has 0 saturated carbocycles. The summed E-state index contributed by atoms with van der Waals surface area (Å²) >= 11 is 0. The Balaban J connectivity index is 2.38. The number of unbranched alkanes of at least 4 members (excludes halogenated alkanes) is 1. The Kier molecular flexibility index (Phi) is 2.77. The number of hydrogen-bond acceptors (Lipinski definition) is 3.